The van der Waals surface area contributed by atoms with Crippen molar-refractivity contribution in [2.45, 2.75) is 20.3 Å². The average molecular weight is 300 g/mol. The molecular formula is C16H20N4O2. The predicted molar refractivity (Wildman–Crippen MR) is 84.4 cm³/mol. The van der Waals surface area contributed by atoms with Crippen LogP contribution < -0.4 is 10.2 Å². The highest BCUT2D eigenvalue weighted by molar-refractivity contribution is 6.05. The number of aromatic nitrogens is 2. The molecular weight excluding hydrogens is 280 g/mol. The van der Waals surface area contributed by atoms with Crippen molar-refractivity contribution in [3.05, 3.63) is 24.3 Å². The molecule has 0 unspecified atom stereocenters. The second kappa shape index (κ2) is 5.79. The fourth-order valence-electron chi connectivity index (χ4n) is 2.69. The summed E-state index contributed by atoms with van der Waals surface area (Å²) < 4.78 is 0. The summed E-state index contributed by atoms with van der Waals surface area (Å²) in [5, 5.41) is 11.0. The van der Waals surface area contributed by atoms with E-state index in [-0.39, 0.29) is 24.2 Å². The van der Waals surface area contributed by atoms with Crippen LogP contribution in [0.25, 0.3) is 10.9 Å². The van der Waals surface area contributed by atoms with Gasteiger partial charge >= 0.3 is 0 Å². The Hall–Kier alpha value is -2.37. The Kier molecular flexibility index (Phi) is 3.83. The van der Waals surface area contributed by atoms with Crippen LogP contribution in [0, 0.1) is 11.8 Å². The molecule has 1 aromatic carbocycles. The molecule has 2 aromatic rings. The molecule has 22 heavy (non-hydrogen) atoms. The minimum atomic E-state index is -0.304. The topological polar surface area (TPSA) is 78.1 Å². The van der Waals surface area contributed by atoms with E-state index in [0.29, 0.717) is 24.8 Å². The monoisotopic (exact) mass is 300 g/mol. The Labute approximate surface area is 128 Å². The van der Waals surface area contributed by atoms with Crippen molar-refractivity contribution in [1.29, 1.82) is 0 Å². The van der Waals surface area contributed by atoms with Crippen LogP contribution in [0.3, 0.4) is 0 Å². The largest absolute Gasteiger partial charge is 0.356 e. The Bertz CT molecular complexity index is 707. The molecule has 2 amide bonds. The zero-order chi connectivity index (χ0) is 15.7. The number of aromatic amines is 1. The van der Waals surface area contributed by atoms with E-state index < -0.39 is 0 Å². The maximum Gasteiger partial charge on any atom is 0.229 e. The van der Waals surface area contributed by atoms with E-state index in [2.05, 4.69) is 15.5 Å². The average Bonchev–Trinajstić information content (AvgIpc) is 3.08. The summed E-state index contributed by atoms with van der Waals surface area (Å²) in [6.07, 6.45) is 0.241. The van der Waals surface area contributed by atoms with Crippen LogP contribution in [0.1, 0.15) is 20.3 Å². The molecule has 1 aromatic heterocycles. The molecule has 1 fully saturated rings. The van der Waals surface area contributed by atoms with Gasteiger partial charge in [-0.05, 0) is 18.1 Å². The molecule has 0 aliphatic carbocycles. The highest BCUT2D eigenvalue weighted by atomic mass is 16.2. The Morgan fingerprint density at radius 2 is 2.23 bits per heavy atom. The van der Waals surface area contributed by atoms with E-state index >= 15 is 0 Å². The van der Waals surface area contributed by atoms with Gasteiger partial charge in [-0.3, -0.25) is 19.6 Å². The first-order valence-corrected chi connectivity index (χ1v) is 7.57. The zero-order valence-electron chi connectivity index (χ0n) is 12.8. The molecule has 1 aliphatic heterocycles. The third kappa shape index (κ3) is 2.68. The normalized spacial score (nSPS) is 18.4. The van der Waals surface area contributed by atoms with E-state index in [9.17, 15) is 9.59 Å². The highest BCUT2D eigenvalue weighted by Gasteiger charge is 2.36. The number of H-pyrrole nitrogens is 1. The van der Waals surface area contributed by atoms with Crippen LogP contribution >= 0.6 is 0 Å². The van der Waals surface area contributed by atoms with Gasteiger partial charge in [-0.2, -0.15) is 5.10 Å². The van der Waals surface area contributed by atoms with Crippen LogP contribution in [0.4, 0.5) is 5.82 Å². The molecule has 0 spiro atoms. The second-order valence-electron chi connectivity index (χ2n) is 6.14. The van der Waals surface area contributed by atoms with E-state index in [0.717, 1.165) is 10.9 Å². The smallest absolute Gasteiger partial charge is 0.229 e. The first-order chi connectivity index (χ1) is 10.6. The van der Waals surface area contributed by atoms with Crippen molar-refractivity contribution in [3.63, 3.8) is 0 Å². The van der Waals surface area contributed by atoms with Crippen LogP contribution in [0.15, 0.2) is 24.3 Å². The standard InChI is InChI=1S/C16H20N4O2/c1-10(2)8-17-16(22)11-7-14(21)20(9-11)15-12-5-3-4-6-13(12)18-19-15/h3-6,10-11H,7-9H2,1-2H3,(H,17,22)(H,18,19)/t11-/m0/s1. The summed E-state index contributed by atoms with van der Waals surface area (Å²) in [6.45, 7) is 5.11. The SMILES string of the molecule is CC(C)CNC(=O)[C@H]1CC(=O)N(c2n[nH]c3ccccc23)C1. The first kappa shape index (κ1) is 14.6. The predicted octanol–water partition coefficient (Wildman–Crippen LogP) is 1.69. The number of hydrogen-bond donors (Lipinski definition) is 2. The lowest BCUT2D eigenvalue weighted by atomic mass is 10.1. The summed E-state index contributed by atoms with van der Waals surface area (Å²) in [5.74, 6) is 0.597. The first-order valence-electron chi connectivity index (χ1n) is 7.57. The van der Waals surface area contributed by atoms with Crippen molar-refractivity contribution in [1.82, 2.24) is 15.5 Å². The third-order valence-electron chi connectivity index (χ3n) is 3.89. The van der Waals surface area contributed by atoms with E-state index in [1.165, 1.54) is 0 Å². The maximum absolute atomic E-state index is 12.3. The lowest BCUT2D eigenvalue weighted by Crippen LogP contribution is -2.35. The van der Waals surface area contributed by atoms with Gasteiger partial charge in [0.05, 0.1) is 11.4 Å². The van der Waals surface area contributed by atoms with Crippen molar-refractivity contribution >= 4 is 28.5 Å². The fourth-order valence-corrected chi connectivity index (χ4v) is 2.69. The number of fused-ring (bicyclic) bond motifs is 1. The minimum absolute atomic E-state index is 0.0515. The molecule has 116 valence electrons. The summed E-state index contributed by atoms with van der Waals surface area (Å²) in [5.41, 5.74) is 0.887. The lowest BCUT2D eigenvalue weighted by molar-refractivity contribution is -0.126. The molecule has 0 saturated carbocycles. The molecule has 2 heterocycles. The van der Waals surface area contributed by atoms with Gasteiger partial charge < -0.3 is 5.32 Å². The zero-order valence-corrected chi connectivity index (χ0v) is 12.8. The summed E-state index contributed by atoms with van der Waals surface area (Å²) in [6, 6.07) is 7.67. The van der Waals surface area contributed by atoms with Gasteiger partial charge in [-0.25, -0.2) is 0 Å². The van der Waals surface area contributed by atoms with Crippen LogP contribution in [0.2, 0.25) is 0 Å². The van der Waals surface area contributed by atoms with Crippen molar-refractivity contribution in [2.24, 2.45) is 11.8 Å². The van der Waals surface area contributed by atoms with E-state index in [4.69, 9.17) is 0 Å². The summed E-state index contributed by atoms with van der Waals surface area (Å²) in [7, 11) is 0. The van der Waals surface area contributed by atoms with E-state index in [1.54, 1.807) is 4.90 Å². The van der Waals surface area contributed by atoms with E-state index in [1.807, 2.05) is 38.1 Å². The number of nitrogens with one attached hydrogen (secondary N) is 2. The molecule has 2 N–H and O–H groups in total. The quantitative estimate of drug-likeness (QED) is 0.902. The third-order valence-corrected chi connectivity index (χ3v) is 3.89. The Morgan fingerprint density at radius 3 is 3.00 bits per heavy atom. The van der Waals surface area contributed by atoms with Crippen molar-refractivity contribution < 1.29 is 9.59 Å². The highest BCUT2D eigenvalue weighted by Crippen LogP contribution is 2.29. The number of nitrogens with zero attached hydrogens (tertiary/aromatic N) is 2. The number of hydrogen-bond acceptors (Lipinski definition) is 3. The number of amides is 2. The molecule has 3 rings (SSSR count). The van der Waals surface area contributed by atoms with Crippen LogP contribution in [-0.2, 0) is 9.59 Å². The maximum atomic E-state index is 12.3. The molecule has 1 atom stereocenters. The summed E-state index contributed by atoms with van der Waals surface area (Å²) in [4.78, 5) is 26.0. The number of carbonyl (C=O) groups is 2. The van der Waals surface area contributed by atoms with Gasteiger partial charge in [-0.1, -0.05) is 26.0 Å². The van der Waals surface area contributed by atoms with Crippen molar-refractivity contribution in [2.75, 3.05) is 18.0 Å². The number of carbonyl (C=O) groups excluding carboxylic acids is 2. The van der Waals surface area contributed by atoms with Crippen LogP contribution in [-0.4, -0.2) is 35.1 Å². The summed E-state index contributed by atoms with van der Waals surface area (Å²) >= 11 is 0. The number of anilines is 1. The fraction of sp³-hybridized carbons (Fsp3) is 0.438. The molecule has 1 aliphatic rings. The molecule has 6 nitrogen and oxygen atoms in total. The van der Waals surface area contributed by atoms with Gasteiger partial charge in [-0.15, -0.1) is 0 Å². The Morgan fingerprint density at radius 1 is 1.45 bits per heavy atom. The van der Waals surface area contributed by atoms with Gasteiger partial charge in [0.15, 0.2) is 5.82 Å². The van der Waals surface area contributed by atoms with Crippen LogP contribution in [0.5, 0.6) is 0 Å². The molecule has 0 bridgehead atoms. The second-order valence-corrected chi connectivity index (χ2v) is 6.14. The number of rotatable bonds is 4. The molecule has 1 saturated heterocycles. The van der Waals surface area contributed by atoms with Gasteiger partial charge in [0.2, 0.25) is 11.8 Å². The van der Waals surface area contributed by atoms with Gasteiger partial charge in [0.1, 0.15) is 0 Å². The van der Waals surface area contributed by atoms with Gasteiger partial charge in [0, 0.05) is 24.9 Å². The lowest BCUT2D eigenvalue weighted by Gasteiger charge is -2.14. The Balaban J connectivity index is 1.76. The number of para-hydroxylation sites is 1. The number of benzene rings is 1. The molecule has 6 heteroatoms. The molecule has 0 radical (unpaired) electrons. The van der Waals surface area contributed by atoms with Gasteiger partial charge in [0.25, 0.3) is 0 Å². The minimum Gasteiger partial charge on any atom is -0.356 e. The van der Waals surface area contributed by atoms with Crippen molar-refractivity contribution in [3.8, 4) is 0 Å².